The summed E-state index contributed by atoms with van der Waals surface area (Å²) >= 11 is 5.87. The van der Waals surface area contributed by atoms with Crippen LogP contribution in [-0.2, 0) is 6.42 Å². The molecule has 1 aromatic heterocycles. The molecule has 1 aliphatic rings. The van der Waals surface area contributed by atoms with E-state index in [0.717, 1.165) is 43.6 Å². The van der Waals surface area contributed by atoms with Gasteiger partial charge in [-0.3, -0.25) is 4.79 Å². The van der Waals surface area contributed by atoms with E-state index in [1.54, 1.807) is 0 Å². The Bertz CT molecular complexity index is 692. The molecule has 1 amide bonds. The van der Waals surface area contributed by atoms with Gasteiger partial charge in [-0.25, -0.2) is 4.68 Å². The number of aromatic nitrogens is 3. The van der Waals surface area contributed by atoms with E-state index in [-0.39, 0.29) is 5.91 Å². The molecular formula is C17H22ClN5O. The molecule has 0 bridgehead atoms. The van der Waals surface area contributed by atoms with Crippen LogP contribution in [0.15, 0.2) is 24.3 Å². The van der Waals surface area contributed by atoms with Crippen LogP contribution in [-0.4, -0.2) is 40.5 Å². The summed E-state index contributed by atoms with van der Waals surface area (Å²) in [5.74, 6) is -0.165. The summed E-state index contributed by atoms with van der Waals surface area (Å²) in [7, 11) is 0. The van der Waals surface area contributed by atoms with Gasteiger partial charge in [-0.05, 0) is 57.0 Å². The molecular weight excluding hydrogens is 326 g/mol. The molecule has 1 fully saturated rings. The fraction of sp³-hybridized carbons (Fsp3) is 0.471. The van der Waals surface area contributed by atoms with Crippen molar-refractivity contribution in [2.45, 2.75) is 32.2 Å². The highest BCUT2D eigenvalue weighted by Gasteiger charge is 2.22. The number of piperidine rings is 1. The zero-order valence-corrected chi connectivity index (χ0v) is 14.5. The first-order valence-electron chi connectivity index (χ1n) is 8.30. The predicted octanol–water partition coefficient (Wildman–Crippen LogP) is 2.14. The molecule has 6 nitrogen and oxygen atoms in total. The average Bonchev–Trinajstić information content (AvgIpc) is 2.99. The molecule has 24 heavy (non-hydrogen) atoms. The van der Waals surface area contributed by atoms with Gasteiger partial charge in [-0.1, -0.05) is 28.9 Å². The largest absolute Gasteiger partial charge is 0.350 e. The third-order valence-corrected chi connectivity index (χ3v) is 4.66. The lowest BCUT2D eigenvalue weighted by Crippen LogP contribution is -2.30. The maximum absolute atomic E-state index is 12.3. The molecule has 0 aliphatic carbocycles. The van der Waals surface area contributed by atoms with Gasteiger partial charge in [0.1, 0.15) is 0 Å². The Hall–Kier alpha value is -1.92. The summed E-state index contributed by atoms with van der Waals surface area (Å²) in [6.07, 6.45) is 2.79. The van der Waals surface area contributed by atoms with Gasteiger partial charge in [0.25, 0.3) is 5.91 Å². The minimum atomic E-state index is -0.165. The SMILES string of the molecule is Cc1c(C(=O)NCCc2ccc(Cl)cc2)nnn1C1CCNCC1. The first-order chi connectivity index (χ1) is 11.6. The van der Waals surface area contributed by atoms with Crippen molar-refractivity contribution in [2.24, 2.45) is 0 Å². The van der Waals surface area contributed by atoms with Crippen LogP contribution in [0.5, 0.6) is 0 Å². The molecule has 1 saturated heterocycles. The summed E-state index contributed by atoms with van der Waals surface area (Å²) in [4.78, 5) is 12.3. The highest BCUT2D eigenvalue weighted by molar-refractivity contribution is 6.30. The molecule has 7 heteroatoms. The lowest BCUT2D eigenvalue weighted by molar-refractivity contribution is 0.0948. The van der Waals surface area contributed by atoms with Crippen molar-refractivity contribution in [3.8, 4) is 0 Å². The predicted molar refractivity (Wildman–Crippen MR) is 93.4 cm³/mol. The molecule has 2 N–H and O–H groups in total. The normalized spacial score (nSPS) is 15.4. The summed E-state index contributed by atoms with van der Waals surface area (Å²) in [6.45, 7) is 4.43. The van der Waals surface area contributed by atoms with Gasteiger partial charge in [0, 0.05) is 11.6 Å². The Morgan fingerprint density at radius 1 is 1.33 bits per heavy atom. The van der Waals surface area contributed by atoms with Gasteiger partial charge in [0.15, 0.2) is 5.69 Å². The van der Waals surface area contributed by atoms with E-state index in [2.05, 4.69) is 20.9 Å². The van der Waals surface area contributed by atoms with Gasteiger partial charge >= 0.3 is 0 Å². The Labute approximate surface area is 146 Å². The molecule has 2 aromatic rings. The van der Waals surface area contributed by atoms with Crippen LogP contribution in [0.3, 0.4) is 0 Å². The molecule has 0 unspecified atom stereocenters. The minimum absolute atomic E-state index is 0.165. The smallest absolute Gasteiger partial charge is 0.273 e. The van der Waals surface area contributed by atoms with Gasteiger partial charge in [-0.2, -0.15) is 0 Å². The molecule has 0 saturated carbocycles. The van der Waals surface area contributed by atoms with E-state index in [0.29, 0.717) is 23.3 Å². The second kappa shape index (κ2) is 7.77. The molecule has 2 heterocycles. The van der Waals surface area contributed by atoms with E-state index in [1.165, 1.54) is 0 Å². The maximum atomic E-state index is 12.3. The second-order valence-corrected chi connectivity index (χ2v) is 6.52. The third-order valence-electron chi connectivity index (χ3n) is 4.41. The Balaban J connectivity index is 1.57. The van der Waals surface area contributed by atoms with Crippen molar-refractivity contribution in [1.29, 1.82) is 0 Å². The van der Waals surface area contributed by atoms with Crippen molar-refractivity contribution in [3.63, 3.8) is 0 Å². The van der Waals surface area contributed by atoms with E-state index in [1.807, 2.05) is 35.9 Å². The molecule has 0 radical (unpaired) electrons. The highest BCUT2D eigenvalue weighted by atomic mass is 35.5. The number of halogens is 1. The Kier molecular flexibility index (Phi) is 5.48. The fourth-order valence-electron chi connectivity index (χ4n) is 3.00. The van der Waals surface area contributed by atoms with Crippen molar-refractivity contribution in [2.75, 3.05) is 19.6 Å². The number of benzene rings is 1. The van der Waals surface area contributed by atoms with Crippen LogP contribution in [0.2, 0.25) is 5.02 Å². The van der Waals surface area contributed by atoms with E-state index in [9.17, 15) is 4.79 Å². The number of amides is 1. The van der Waals surface area contributed by atoms with Gasteiger partial charge in [0.2, 0.25) is 0 Å². The average molecular weight is 348 g/mol. The monoisotopic (exact) mass is 347 g/mol. The zero-order valence-electron chi connectivity index (χ0n) is 13.8. The van der Waals surface area contributed by atoms with Crippen LogP contribution >= 0.6 is 11.6 Å². The van der Waals surface area contributed by atoms with Crippen molar-refractivity contribution in [1.82, 2.24) is 25.6 Å². The fourth-order valence-corrected chi connectivity index (χ4v) is 3.13. The van der Waals surface area contributed by atoms with Crippen molar-refractivity contribution in [3.05, 3.63) is 46.2 Å². The number of carbonyl (C=O) groups excluding carboxylic acids is 1. The first-order valence-corrected chi connectivity index (χ1v) is 8.68. The number of carbonyl (C=O) groups is 1. The zero-order chi connectivity index (χ0) is 16.9. The number of nitrogens with one attached hydrogen (secondary N) is 2. The van der Waals surface area contributed by atoms with Crippen molar-refractivity contribution >= 4 is 17.5 Å². The number of hydrogen-bond donors (Lipinski definition) is 2. The van der Waals surface area contributed by atoms with Crippen molar-refractivity contribution < 1.29 is 4.79 Å². The van der Waals surface area contributed by atoms with Gasteiger partial charge in [0.05, 0.1) is 11.7 Å². The van der Waals surface area contributed by atoms with E-state index < -0.39 is 0 Å². The number of hydrogen-bond acceptors (Lipinski definition) is 4. The third kappa shape index (κ3) is 3.94. The van der Waals surface area contributed by atoms with Gasteiger partial charge < -0.3 is 10.6 Å². The highest BCUT2D eigenvalue weighted by Crippen LogP contribution is 2.20. The van der Waals surface area contributed by atoms with Crippen LogP contribution in [0, 0.1) is 6.92 Å². The van der Waals surface area contributed by atoms with Crippen LogP contribution in [0.25, 0.3) is 0 Å². The van der Waals surface area contributed by atoms with E-state index >= 15 is 0 Å². The quantitative estimate of drug-likeness (QED) is 0.869. The summed E-state index contributed by atoms with van der Waals surface area (Å²) < 4.78 is 1.90. The Morgan fingerprint density at radius 2 is 2.04 bits per heavy atom. The lowest BCUT2D eigenvalue weighted by Gasteiger charge is -2.23. The van der Waals surface area contributed by atoms with Crippen LogP contribution in [0.4, 0.5) is 0 Å². The van der Waals surface area contributed by atoms with Gasteiger partial charge in [-0.15, -0.1) is 5.10 Å². The standard InChI is InChI=1S/C17H22ClN5O/c1-12-16(21-22-23(12)15-7-9-19-10-8-15)17(24)20-11-6-13-2-4-14(18)5-3-13/h2-5,15,19H,6-11H2,1H3,(H,20,24). The molecule has 0 spiro atoms. The van der Waals surface area contributed by atoms with Crippen LogP contribution < -0.4 is 10.6 Å². The maximum Gasteiger partial charge on any atom is 0.273 e. The molecule has 128 valence electrons. The van der Waals surface area contributed by atoms with E-state index in [4.69, 9.17) is 11.6 Å². The lowest BCUT2D eigenvalue weighted by atomic mass is 10.1. The number of rotatable bonds is 5. The molecule has 0 atom stereocenters. The first kappa shape index (κ1) is 16.9. The topological polar surface area (TPSA) is 71.8 Å². The minimum Gasteiger partial charge on any atom is -0.350 e. The summed E-state index contributed by atoms with van der Waals surface area (Å²) in [5, 5.41) is 15.3. The molecule has 1 aliphatic heterocycles. The van der Waals surface area contributed by atoms with Crippen LogP contribution in [0.1, 0.15) is 40.6 Å². The second-order valence-electron chi connectivity index (χ2n) is 6.08. The Morgan fingerprint density at radius 3 is 2.75 bits per heavy atom. The molecule has 1 aromatic carbocycles. The summed E-state index contributed by atoms with van der Waals surface area (Å²) in [5.41, 5.74) is 2.39. The summed E-state index contributed by atoms with van der Waals surface area (Å²) in [6, 6.07) is 7.97. The molecule has 3 rings (SSSR count). The number of nitrogens with zero attached hydrogens (tertiary/aromatic N) is 3.